The summed E-state index contributed by atoms with van der Waals surface area (Å²) in [4.78, 5) is 26.4. The number of aromatic nitrogens is 3. The zero-order valence-electron chi connectivity index (χ0n) is 9.86. The van der Waals surface area contributed by atoms with Gasteiger partial charge in [-0.2, -0.15) is 0 Å². The number of carboxylic acid groups (broad SMARTS) is 1. The number of carboxylic acids is 1. The molecule has 0 saturated carbocycles. The zero-order chi connectivity index (χ0) is 12.8. The van der Waals surface area contributed by atoms with Crippen LogP contribution >= 0.6 is 0 Å². The van der Waals surface area contributed by atoms with E-state index in [0.717, 1.165) is 0 Å². The molecular weight excluding hydrogens is 224 g/mol. The van der Waals surface area contributed by atoms with Gasteiger partial charge in [-0.1, -0.05) is 20.3 Å². The van der Waals surface area contributed by atoms with Crippen molar-refractivity contribution in [2.75, 3.05) is 0 Å². The summed E-state index contributed by atoms with van der Waals surface area (Å²) in [5.74, 6) is -1.05. The van der Waals surface area contributed by atoms with Gasteiger partial charge in [0.25, 0.3) is 5.91 Å². The fraction of sp³-hybridized carbons (Fsp3) is 0.600. The van der Waals surface area contributed by atoms with Crippen molar-refractivity contribution in [3.05, 3.63) is 11.6 Å². The monoisotopic (exact) mass is 240 g/mol. The van der Waals surface area contributed by atoms with E-state index >= 15 is 0 Å². The molecule has 1 heterocycles. The number of hydrogen-bond acceptors (Lipinski definition) is 4. The molecule has 0 fully saturated rings. The minimum atomic E-state index is -1.05. The molecular formula is C10H16N4O3. The number of aromatic amines is 1. The van der Waals surface area contributed by atoms with Crippen LogP contribution in [0.15, 0.2) is 0 Å². The summed E-state index contributed by atoms with van der Waals surface area (Å²) >= 11 is 0. The highest BCUT2D eigenvalue weighted by molar-refractivity contribution is 5.93. The van der Waals surface area contributed by atoms with Crippen LogP contribution in [0.25, 0.3) is 0 Å². The molecule has 3 N–H and O–H groups in total. The third-order valence-corrected chi connectivity index (χ3v) is 2.25. The van der Waals surface area contributed by atoms with Gasteiger partial charge >= 0.3 is 5.97 Å². The molecule has 0 spiro atoms. The Hall–Kier alpha value is -1.92. The number of carbonyl (C=O) groups is 2. The van der Waals surface area contributed by atoms with E-state index in [0.29, 0.717) is 25.1 Å². The Labute approximate surface area is 98.6 Å². The molecule has 0 bridgehead atoms. The molecule has 17 heavy (non-hydrogen) atoms. The van der Waals surface area contributed by atoms with E-state index in [1.807, 2.05) is 13.8 Å². The molecule has 0 radical (unpaired) electrons. The van der Waals surface area contributed by atoms with Crippen molar-refractivity contribution in [1.29, 1.82) is 0 Å². The number of nitrogens with one attached hydrogen (secondary N) is 2. The third-order valence-electron chi connectivity index (χ3n) is 2.25. The number of nitrogens with zero attached hydrogens (tertiary/aromatic N) is 2. The maximum Gasteiger partial charge on any atom is 0.326 e. The predicted octanol–water partition coefficient (Wildman–Crippen LogP) is 0.350. The molecule has 1 amide bonds. The largest absolute Gasteiger partial charge is 0.480 e. The SMILES string of the molecule is CCCC(NC(=O)c1n[nH]c(CC)n1)C(=O)O. The number of amides is 1. The molecule has 7 nitrogen and oxygen atoms in total. The van der Waals surface area contributed by atoms with Gasteiger partial charge < -0.3 is 10.4 Å². The summed E-state index contributed by atoms with van der Waals surface area (Å²) in [6.07, 6.45) is 1.69. The van der Waals surface area contributed by atoms with E-state index in [4.69, 9.17) is 5.11 Å². The molecule has 1 unspecified atom stereocenters. The molecule has 0 aliphatic heterocycles. The molecule has 1 rings (SSSR count). The Morgan fingerprint density at radius 3 is 2.65 bits per heavy atom. The summed E-state index contributed by atoms with van der Waals surface area (Å²) < 4.78 is 0. The van der Waals surface area contributed by atoms with Gasteiger partial charge in [0.2, 0.25) is 5.82 Å². The predicted molar refractivity (Wildman–Crippen MR) is 59.6 cm³/mol. The third kappa shape index (κ3) is 3.54. The normalized spacial score (nSPS) is 12.1. The summed E-state index contributed by atoms with van der Waals surface area (Å²) in [5.41, 5.74) is 0. The van der Waals surface area contributed by atoms with Crippen LogP contribution < -0.4 is 5.32 Å². The van der Waals surface area contributed by atoms with Crippen LogP contribution in [-0.4, -0.2) is 38.2 Å². The van der Waals surface area contributed by atoms with E-state index < -0.39 is 17.9 Å². The highest BCUT2D eigenvalue weighted by Crippen LogP contribution is 1.99. The first kappa shape index (κ1) is 13.1. The lowest BCUT2D eigenvalue weighted by Crippen LogP contribution is -2.41. The van der Waals surface area contributed by atoms with Crippen LogP contribution in [-0.2, 0) is 11.2 Å². The topological polar surface area (TPSA) is 108 Å². The van der Waals surface area contributed by atoms with E-state index in [9.17, 15) is 9.59 Å². The highest BCUT2D eigenvalue weighted by atomic mass is 16.4. The molecule has 1 atom stereocenters. The summed E-state index contributed by atoms with van der Waals surface area (Å²) in [6.45, 7) is 3.73. The Balaban J connectivity index is 2.66. The molecule has 94 valence electrons. The van der Waals surface area contributed by atoms with Crippen molar-refractivity contribution < 1.29 is 14.7 Å². The average Bonchev–Trinajstić information content (AvgIpc) is 2.76. The first-order chi connectivity index (χ1) is 8.08. The van der Waals surface area contributed by atoms with Crippen LogP contribution in [0.5, 0.6) is 0 Å². The maximum absolute atomic E-state index is 11.6. The smallest absolute Gasteiger partial charge is 0.326 e. The van der Waals surface area contributed by atoms with E-state index in [1.165, 1.54) is 0 Å². The second-order valence-electron chi connectivity index (χ2n) is 3.61. The molecule has 0 aliphatic rings. The van der Waals surface area contributed by atoms with Crippen molar-refractivity contribution in [3.8, 4) is 0 Å². The molecule has 7 heteroatoms. The van der Waals surface area contributed by atoms with E-state index in [2.05, 4.69) is 20.5 Å². The first-order valence-corrected chi connectivity index (χ1v) is 5.53. The first-order valence-electron chi connectivity index (χ1n) is 5.53. The van der Waals surface area contributed by atoms with Crippen LogP contribution in [0, 0.1) is 0 Å². The molecule has 1 aromatic heterocycles. The zero-order valence-corrected chi connectivity index (χ0v) is 9.86. The van der Waals surface area contributed by atoms with E-state index in [-0.39, 0.29) is 5.82 Å². The van der Waals surface area contributed by atoms with Gasteiger partial charge in [-0.3, -0.25) is 9.89 Å². The van der Waals surface area contributed by atoms with Crippen molar-refractivity contribution in [2.24, 2.45) is 0 Å². The number of aryl methyl sites for hydroxylation is 1. The lowest BCUT2D eigenvalue weighted by molar-refractivity contribution is -0.139. The Morgan fingerprint density at radius 2 is 2.18 bits per heavy atom. The Kier molecular flexibility index (Phi) is 4.62. The molecule has 1 aromatic rings. The van der Waals surface area contributed by atoms with Gasteiger partial charge in [-0.25, -0.2) is 9.78 Å². The van der Waals surface area contributed by atoms with Gasteiger partial charge in [0.1, 0.15) is 11.9 Å². The van der Waals surface area contributed by atoms with Gasteiger partial charge in [0, 0.05) is 6.42 Å². The summed E-state index contributed by atoms with van der Waals surface area (Å²) in [6, 6.07) is -0.893. The van der Waals surface area contributed by atoms with Crippen LogP contribution in [0.2, 0.25) is 0 Å². The second kappa shape index (κ2) is 5.97. The minimum absolute atomic E-state index is 0.0239. The van der Waals surface area contributed by atoms with E-state index in [1.54, 1.807) is 0 Å². The number of rotatable bonds is 6. The lowest BCUT2D eigenvalue weighted by atomic mass is 10.1. The van der Waals surface area contributed by atoms with Gasteiger partial charge in [-0.15, -0.1) is 5.10 Å². The van der Waals surface area contributed by atoms with Crippen LogP contribution in [0.3, 0.4) is 0 Å². The Morgan fingerprint density at radius 1 is 1.47 bits per heavy atom. The van der Waals surface area contributed by atoms with Crippen LogP contribution in [0.1, 0.15) is 43.1 Å². The lowest BCUT2D eigenvalue weighted by Gasteiger charge is -2.11. The van der Waals surface area contributed by atoms with Crippen molar-refractivity contribution in [1.82, 2.24) is 20.5 Å². The Bertz CT molecular complexity index is 402. The maximum atomic E-state index is 11.6. The quantitative estimate of drug-likeness (QED) is 0.665. The number of H-pyrrole nitrogens is 1. The number of carbonyl (C=O) groups excluding carboxylic acids is 1. The fourth-order valence-corrected chi connectivity index (χ4v) is 1.32. The molecule has 0 saturated heterocycles. The highest BCUT2D eigenvalue weighted by Gasteiger charge is 2.21. The standard InChI is InChI=1S/C10H16N4O3/c1-3-5-6(10(16)17)11-9(15)8-12-7(4-2)13-14-8/h6H,3-5H2,1-2H3,(H,11,15)(H,16,17)(H,12,13,14). The molecule has 0 aliphatic carbocycles. The second-order valence-corrected chi connectivity index (χ2v) is 3.61. The molecule has 0 aromatic carbocycles. The van der Waals surface area contributed by atoms with Crippen molar-refractivity contribution >= 4 is 11.9 Å². The summed E-state index contributed by atoms with van der Waals surface area (Å²) in [7, 11) is 0. The van der Waals surface area contributed by atoms with Crippen molar-refractivity contribution in [3.63, 3.8) is 0 Å². The van der Waals surface area contributed by atoms with Crippen LogP contribution in [0.4, 0.5) is 0 Å². The van der Waals surface area contributed by atoms with Gasteiger partial charge in [0.05, 0.1) is 0 Å². The van der Waals surface area contributed by atoms with Crippen molar-refractivity contribution in [2.45, 2.75) is 39.2 Å². The number of hydrogen-bond donors (Lipinski definition) is 3. The van der Waals surface area contributed by atoms with Gasteiger partial charge in [0.15, 0.2) is 0 Å². The summed E-state index contributed by atoms with van der Waals surface area (Å²) in [5, 5.41) is 17.6. The fourth-order valence-electron chi connectivity index (χ4n) is 1.32. The minimum Gasteiger partial charge on any atom is -0.480 e. The van der Waals surface area contributed by atoms with Gasteiger partial charge in [-0.05, 0) is 6.42 Å². The average molecular weight is 240 g/mol. The number of aliphatic carboxylic acids is 1.